The second kappa shape index (κ2) is 8.74. The summed E-state index contributed by atoms with van der Waals surface area (Å²) in [6, 6.07) is -0.00650. The minimum Gasteiger partial charge on any atom is -0.381 e. The lowest BCUT2D eigenvalue weighted by atomic mass is 9.83. The van der Waals surface area contributed by atoms with Gasteiger partial charge in [0.15, 0.2) is 0 Å². The van der Waals surface area contributed by atoms with E-state index < -0.39 is 0 Å². The van der Waals surface area contributed by atoms with E-state index in [4.69, 9.17) is 10.5 Å². The van der Waals surface area contributed by atoms with Gasteiger partial charge in [0.25, 0.3) is 0 Å². The maximum absolute atomic E-state index is 12.3. The summed E-state index contributed by atoms with van der Waals surface area (Å²) in [7, 11) is 0. The summed E-state index contributed by atoms with van der Waals surface area (Å²) in [5.41, 5.74) is 6.13. The predicted octanol–water partition coefficient (Wildman–Crippen LogP) is 2.61. The Kier molecular flexibility index (Phi) is 6.97. The number of carbonyl (C=O) groups is 1. The first-order valence-corrected chi connectivity index (χ1v) is 8.84. The van der Waals surface area contributed by atoms with Crippen molar-refractivity contribution in [3.05, 3.63) is 0 Å². The highest BCUT2D eigenvalue weighted by Gasteiger charge is 2.29. The van der Waals surface area contributed by atoms with Crippen molar-refractivity contribution in [2.75, 3.05) is 13.2 Å². The fraction of sp³-hybridized carbons (Fsp3) is 0.941. The molecule has 2 fully saturated rings. The van der Waals surface area contributed by atoms with Crippen LogP contribution in [0.15, 0.2) is 0 Å². The zero-order valence-corrected chi connectivity index (χ0v) is 13.5. The minimum atomic E-state index is -0.355. The number of unbranched alkanes of at least 4 members (excludes halogenated alkanes) is 1. The average Bonchev–Trinajstić information content (AvgIpc) is 2.54. The maximum Gasteiger partial charge on any atom is 0.237 e. The Balaban J connectivity index is 1.68. The molecule has 3 N–H and O–H groups in total. The molecule has 4 heteroatoms. The number of hydrogen-bond acceptors (Lipinski definition) is 3. The Hall–Kier alpha value is -0.610. The van der Waals surface area contributed by atoms with Gasteiger partial charge in [-0.2, -0.15) is 0 Å². The van der Waals surface area contributed by atoms with E-state index in [1.165, 1.54) is 32.1 Å². The molecule has 21 heavy (non-hydrogen) atoms. The molecule has 1 atom stereocenters. The molecule has 0 aromatic rings. The summed E-state index contributed by atoms with van der Waals surface area (Å²) in [6.45, 7) is 3.74. The van der Waals surface area contributed by atoms with E-state index in [0.717, 1.165) is 44.8 Å². The van der Waals surface area contributed by atoms with Crippen LogP contribution < -0.4 is 11.1 Å². The Morgan fingerprint density at radius 3 is 2.48 bits per heavy atom. The van der Waals surface area contributed by atoms with Crippen LogP contribution in [0, 0.1) is 11.8 Å². The van der Waals surface area contributed by atoms with Crippen molar-refractivity contribution in [2.45, 2.75) is 76.8 Å². The molecular formula is C17H32N2O2. The molecule has 0 bridgehead atoms. The molecule has 4 nitrogen and oxygen atoms in total. The standard InChI is InChI=1S/C17H32N2O2/c1-2-3-4-13-5-7-15(8-6-13)19-17(20)16(18)14-9-11-21-12-10-14/h13-16H,2-12,18H2,1H3,(H,19,20). The average molecular weight is 296 g/mol. The summed E-state index contributed by atoms with van der Waals surface area (Å²) in [5, 5.41) is 3.19. The largest absolute Gasteiger partial charge is 0.381 e. The monoisotopic (exact) mass is 296 g/mol. The van der Waals surface area contributed by atoms with Gasteiger partial charge in [0.05, 0.1) is 6.04 Å². The summed E-state index contributed by atoms with van der Waals surface area (Å²) in [5.74, 6) is 1.22. The predicted molar refractivity (Wildman–Crippen MR) is 84.9 cm³/mol. The molecule has 2 aliphatic rings. The van der Waals surface area contributed by atoms with E-state index >= 15 is 0 Å². The van der Waals surface area contributed by atoms with Crippen LogP contribution in [-0.4, -0.2) is 31.2 Å². The van der Waals surface area contributed by atoms with Crippen molar-refractivity contribution < 1.29 is 9.53 Å². The number of amides is 1. The smallest absolute Gasteiger partial charge is 0.237 e. The lowest BCUT2D eigenvalue weighted by Crippen LogP contribution is -2.50. The first kappa shape index (κ1) is 16.8. The first-order chi connectivity index (χ1) is 10.2. The van der Waals surface area contributed by atoms with Crippen molar-refractivity contribution in [1.82, 2.24) is 5.32 Å². The molecule has 1 saturated heterocycles. The van der Waals surface area contributed by atoms with Gasteiger partial charge < -0.3 is 15.8 Å². The molecule has 1 heterocycles. The SMILES string of the molecule is CCCCC1CCC(NC(=O)C(N)C2CCOCC2)CC1. The molecule has 1 aliphatic heterocycles. The summed E-state index contributed by atoms with van der Waals surface area (Å²) >= 11 is 0. The van der Waals surface area contributed by atoms with Crippen molar-refractivity contribution in [2.24, 2.45) is 17.6 Å². The van der Waals surface area contributed by atoms with E-state index in [0.29, 0.717) is 12.0 Å². The fourth-order valence-corrected chi connectivity index (χ4v) is 3.67. The molecule has 0 aromatic heterocycles. The van der Waals surface area contributed by atoms with Gasteiger partial charge in [-0.25, -0.2) is 0 Å². The molecule has 0 radical (unpaired) electrons. The second-order valence-corrected chi connectivity index (χ2v) is 6.84. The number of ether oxygens (including phenoxy) is 1. The van der Waals surface area contributed by atoms with Crippen LogP contribution in [-0.2, 0) is 9.53 Å². The Morgan fingerprint density at radius 1 is 1.19 bits per heavy atom. The molecule has 0 aromatic carbocycles. The molecule has 1 amide bonds. The highest BCUT2D eigenvalue weighted by atomic mass is 16.5. The zero-order valence-electron chi connectivity index (χ0n) is 13.5. The van der Waals surface area contributed by atoms with Crippen LogP contribution in [0.5, 0.6) is 0 Å². The highest BCUT2D eigenvalue weighted by molar-refractivity contribution is 5.82. The second-order valence-electron chi connectivity index (χ2n) is 6.84. The topological polar surface area (TPSA) is 64.4 Å². The Bertz CT molecular complexity index is 308. The van der Waals surface area contributed by atoms with E-state index in [9.17, 15) is 4.79 Å². The highest BCUT2D eigenvalue weighted by Crippen LogP contribution is 2.28. The van der Waals surface area contributed by atoms with E-state index in [1.54, 1.807) is 0 Å². The maximum atomic E-state index is 12.3. The van der Waals surface area contributed by atoms with Crippen molar-refractivity contribution in [3.8, 4) is 0 Å². The summed E-state index contributed by atoms with van der Waals surface area (Å²) in [4.78, 5) is 12.3. The number of carbonyl (C=O) groups excluding carboxylic acids is 1. The lowest BCUT2D eigenvalue weighted by Gasteiger charge is -2.32. The molecule has 2 rings (SSSR count). The first-order valence-electron chi connectivity index (χ1n) is 8.84. The summed E-state index contributed by atoms with van der Waals surface area (Å²) < 4.78 is 5.34. The van der Waals surface area contributed by atoms with Gasteiger partial charge in [0, 0.05) is 19.3 Å². The van der Waals surface area contributed by atoms with Crippen LogP contribution in [0.2, 0.25) is 0 Å². The van der Waals surface area contributed by atoms with Gasteiger partial charge in [0.1, 0.15) is 0 Å². The number of nitrogens with two attached hydrogens (primary N) is 1. The third kappa shape index (κ3) is 5.26. The van der Waals surface area contributed by atoms with Gasteiger partial charge in [0.2, 0.25) is 5.91 Å². The van der Waals surface area contributed by atoms with E-state index in [1.807, 2.05) is 0 Å². The molecule has 1 aliphatic carbocycles. The molecular weight excluding hydrogens is 264 g/mol. The molecule has 122 valence electrons. The summed E-state index contributed by atoms with van der Waals surface area (Å²) in [6.07, 6.45) is 10.6. The number of hydrogen-bond donors (Lipinski definition) is 2. The number of nitrogens with one attached hydrogen (secondary N) is 1. The van der Waals surface area contributed by atoms with Crippen molar-refractivity contribution >= 4 is 5.91 Å². The van der Waals surface area contributed by atoms with Gasteiger partial charge in [-0.3, -0.25) is 4.79 Å². The van der Waals surface area contributed by atoms with Gasteiger partial charge in [-0.15, -0.1) is 0 Å². The Labute approximate surface area is 129 Å². The number of rotatable bonds is 6. The van der Waals surface area contributed by atoms with Gasteiger partial charge in [-0.05, 0) is 50.4 Å². The molecule has 0 spiro atoms. The molecule has 1 unspecified atom stereocenters. The lowest BCUT2D eigenvalue weighted by molar-refractivity contribution is -0.125. The van der Waals surface area contributed by atoms with Crippen molar-refractivity contribution in [1.29, 1.82) is 0 Å². The normalized spacial score (nSPS) is 29.0. The van der Waals surface area contributed by atoms with Crippen LogP contribution >= 0.6 is 0 Å². The van der Waals surface area contributed by atoms with Gasteiger partial charge >= 0.3 is 0 Å². The van der Waals surface area contributed by atoms with Crippen LogP contribution in [0.3, 0.4) is 0 Å². The molecule has 1 saturated carbocycles. The van der Waals surface area contributed by atoms with Crippen molar-refractivity contribution in [3.63, 3.8) is 0 Å². The van der Waals surface area contributed by atoms with Crippen LogP contribution in [0.25, 0.3) is 0 Å². The fourth-order valence-electron chi connectivity index (χ4n) is 3.67. The quantitative estimate of drug-likeness (QED) is 0.792. The van der Waals surface area contributed by atoms with Crippen LogP contribution in [0.1, 0.15) is 64.7 Å². The third-order valence-electron chi connectivity index (χ3n) is 5.24. The minimum absolute atomic E-state index is 0.0545. The van der Waals surface area contributed by atoms with E-state index in [2.05, 4.69) is 12.2 Å². The van der Waals surface area contributed by atoms with Gasteiger partial charge in [-0.1, -0.05) is 26.2 Å². The zero-order chi connectivity index (χ0) is 15.1. The van der Waals surface area contributed by atoms with E-state index in [-0.39, 0.29) is 11.9 Å². The van der Waals surface area contributed by atoms with Crippen LogP contribution in [0.4, 0.5) is 0 Å². The third-order valence-corrected chi connectivity index (χ3v) is 5.24. The Morgan fingerprint density at radius 2 is 1.86 bits per heavy atom.